The highest BCUT2D eigenvalue weighted by molar-refractivity contribution is 5.90. The first-order chi connectivity index (χ1) is 10.1. The van der Waals surface area contributed by atoms with E-state index in [0.717, 1.165) is 11.3 Å². The minimum absolute atomic E-state index is 0.390. The molecule has 1 amide bonds. The molecule has 0 bridgehead atoms. The lowest BCUT2D eigenvalue weighted by Gasteiger charge is -2.37. The van der Waals surface area contributed by atoms with Crippen LogP contribution in [-0.2, 0) is 10.3 Å². The van der Waals surface area contributed by atoms with Gasteiger partial charge in [-0.15, -0.1) is 0 Å². The number of primary amides is 1. The van der Waals surface area contributed by atoms with Crippen LogP contribution in [0.1, 0.15) is 17.5 Å². The summed E-state index contributed by atoms with van der Waals surface area (Å²) in [5.74, 6) is 0.320. The minimum Gasteiger partial charge on any atom is -0.493 e. The molecule has 0 aliphatic carbocycles. The molecule has 0 aromatic heterocycles. The number of anilines is 1. The van der Waals surface area contributed by atoms with E-state index in [1.54, 1.807) is 0 Å². The molecule has 1 heterocycles. The molecule has 3 N–H and O–H groups in total. The van der Waals surface area contributed by atoms with Gasteiger partial charge in [-0.05, 0) is 25.1 Å². The van der Waals surface area contributed by atoms with Crippen LogP contribution in [0.2, 0.25) is 0 Å². The van der Waals surface area contributed by atoms with Gasteiger partial charge in [0.25, 0.3) is 0 Å². The molecule has 1 unspecified atom stereocenters. The molecule has 108 valence electrons. The van der Waals surface area contributed by atoms with Crippen LogP contribution in [0.15, 0.2) is 48.5 Å². The number of rotatable bonds is 3. The molecular weight excluding hydrogens is 264 g/mol. The average molecular weight is 282 g/mol. The number of amides is 1. The molecule has 0 radical (unpaired) electrons. The predicted molar refractivity (Wildman–Crippen MR) is 82.2 cm³/mol. The molecule has 4 heteroatoms. The van der Waals surface area contributed by atoms with Crippen LogP contribution in [0.3, 0.4) is 0 Å². The monoisotopic (exact) mass is 282 g/mol. The fourth-order valence-corrected chi connectivity index (χ4v) is 2.72. The summed E-state index contributed by atoms with van der Waals surface area (Å²) in [4.78, 5) is 12.2. The lowest BCUT2D eigenvalue weighted by atomic mass is 9.83. The molecule has 2 aromatic carbocycles. The molecule has 3 rings (SSSR count). The number of nitrogens with two attached hydrogens (primary N) is 1. The van der Waals surface area contributed by atoms with Crippen LogP contribution in [0.25, 0.3) is 0 Å². The van der Waals surface area contributed by atoms with Gasteiger partial charge in [-0.25, -0.2) is 0 Å². The van der Waals surface area contributed by atoms with Crippen molar-refractivity contribution in [1.82, 2.24) is 0 Å². The summed E-state index contributed by atoms with van der Waals surface area (Å²) < 4.78 is 5.64. The van der Waals surface area contributed by atoms with Crippen molar-refractivity contribution in [2.75, 3.05) is 11.9 Å². The Labute approximate surface area is 123 Å². The van der Waals surface area contributed by atoms with E-state index in [1.165, 1.54) is 5.56 Å². The molecule has 0 spiro atoms. The van der Waals surface area contributed by atoms with Crippen molar-refractivity contribution < 1.29 is 9.53 Å². The molecule has 1 aliphatic heterocycles. The topological polar surface area (TPSA) is 64.3 Å². The maximum Gasteiger partial charge on any atom is 0.248 e. The standard InChI is InChI=1S/C17H18N2O2/c1-12-6-8-13(9-7-12)19-17(16(18)20)10-11-21-15-5-3-2-4-14(15)17/h2-9,19H,10-11H2,1H3,(H2,18,20). The van der Waals surface area contributed by atoms with Crippen LogP contribution < -0.4 is 15.8 Å². The third kappa shape index (κ3) is 2.33. The Balaban J connectivity index is 2.05. The zero-order valence-electron chi connectivity index (χ0n) is 11.9. The number of hydrogen-bond acceptors (Lipinski definition) is 3. The highest BCUT2D eigenvalue weighted by Gasteiger charge is 2.43. The van der Waals surface area contributed by atoms with Gasteiger partial charge in [0.15, 0.2) is 0 Å². The summed E-state index contributed by atoms with van der Waals surface area (Å²) in [5, 5.41) is 3.32. The van der Waals surface area contributed by atoms with Crippen LogP contribution in [0, 0.1) is 6.92 Å². The van der Waals surface area contributed by atoms with Gasteiger partial charge in [-0.1, -0.05) is 35.9 Å². The van der Waals surface area contributed by atoms with Crippen molar-refractivity contribution in [1.29, 1.82) is 0 Å². The molecular formula is C17H18N2O2. The minimum atomic E-state index is -0.926. The second-order valence-corrected chi connectivity index (χ2v) is 5.36. The lowest BCUT2D eigenvalue weighted by Crippen LogP contribution is -2.50. The second-order valence-electron chi connectivity index (χ2n) is 5.36. The van der Waals surface area contributed by atoms with Gasteiger partial charge < -0.3 is 15.8 Å². The first kappa shape index (κ1) is 13.5. The Hall–Kier alpha value is -2.49. The quantitative estimate of drug-likeness (QED) is 0.909. The van der Waals surface area contributed by atoms with Crippen LogP contribution in [-0.4, -0.2) is 12.5 Å². The van der Waals surface area contributed by atoms with Crippen molar-refractivity contribution in [2.45, 2.75) is 18.9 Å². The number of carbonyl (C=O) groups is 1. The van der Waals surface area contributed by atoms with Gasteiger partial charge in [-0.3, -0.25) is 4.79 Å². The summed E-state index contributed by atoms with van der Waals surface area (Å²) in [7, 11) is 0. The van der Waals surface area contributed by atoms with Gasteiger partial charge in [-0.2, -0.15) is 0 Å². The summed E-state index contributed by atoms with van der Waals surface area (Å²) in [6, 6.07) is 15.5. The SMILES string of the molecule is Cc1ccc(NC2(C(N)=O)CCOc3ccccc32)cc1. The van der Waals surface area contributed by atoms with E-state index in [0.29, 0.717) is 18.8 Å². The Morgan fingerprint density at radius 1 is 1.19 bits per heavy atom. The van der Waals surface area contributed by atoms with Gasteiger partial charge in [0, 0.05) is 17.7 Å². The number of carbonyl (C=O) groups excluding carboxylic acids is 1. The maximum absolute atomic E-state index is 12.2. The van der Waals surface area contributed by atoms with Crippen LogP contribution in [0.5, 0.6) is 5.75 Å². The second kappa shape index (κ2) is 5.13. The number of aryl methyl sites for hydroxylation is 1. The molecule has 21 heavy (non-hydrogen) atoms. The molecule has 2 aromatic rings. The van der Waals surface area contributed by atoms with E-state index in [2.05, 4.69) is 5.32 Å². The zero-order valence-corrected chi connectivity index (χ0v) is 11.9. The van der Waals surface area contributed by atoms with E-state index >= 15 is 0 Å². The zero-order chi connectivity index (χ0) is 14.9. The maximum atomic E-state index is 12.2. The van der Waals surface area contributed by atoms with Crippen molar-refractivity contribution >= 4 is 11.6 Å². The average Bonchev–Trinajstić information content (AvgIpc) is 2.50. The number of benzene rings is 2. The largest absolute Gasteiger partial charge is 0.493 e. The van der Waals surface area contributed by atoms with E-state index in [-0.39, 0.29) is 5.91 Å². The van der Waals surface area contributed by atoms with Gasteiger partial charge >= 0.3 is 0 Å². The Morgan fingerprint density at radius 3 is 2.62 bits per heavy atom. The smallest absolute Gasteiger partial charge is 0.248 e. The molecule has 4 nitrogen and oxygen atoms in total. The van der Waals surface area contributed by atoms with E-state index in [1.807, 2.05) is 55.5 Å². The summed E-state index contributed by atoms with van der Waals surface area (Å²) >= 11 is 0. The van der Waals surface area contributed by atoms with Crippen molar-refractivity contribution in [2.24, 2.45) is 5.73 Å². The summed E-state index contributed by atoms with van der Waals surface area (Å²) in [5.41, 5.74) is 7.65. The van der Waals surface area contributed by atoms with E-state index in [9.17, 15) is 4.79 Å². The van der Waals surface area contributed by atoms with Gasteiger partial charge in [0.1, 0.15) is 11.3 Å². The normalized spacial score (nSPS) is 20.2. The number of hydrogen-bond donors (Lipinski definition) is 2. The number of para-hydroxylation sites is 1. The van der Waals surface area contributed by atoms with Crippen molar-refractivity contribution in [3.63, 3.8) is 0 Å². The fourth-order valence-electron chi connectivity index (χ4n) is 2.72. The molecule has 0 saturated carbocycles. The van der Waals surface area contributed by atoms with Crippen LogP contribution in [0.4, 0.5) is 5.69 Å². The third-order valence-corrected chi connectivity index (χ3v) is 3.91. The molecule has 1 atom stereocenters. The Kier molecular flexibility index (Phi) is 3.29. The van der Waals surface area contributed by atoms with Gasteiger partial charge in [0.2, 0.25) is 5.91 Å². The molecule has 1 aliphatic rings. The third-order valence-electron chi connectivity index (χ3n) is 3.91. The van der Waals surface area contributed by atoms with Crippen molar-refractivity contribution in [3.8, 4) is 5.75 Å². The van der Waals surface area contributed by atoms with E-state index < -0.39 is 5.54 Å². The first-order valence-electron chi connectivity index (χ1n) is 6.99. The number of fused-ring (bicyclic) bond motifs is 1. The Morgan fingerprint density at radius 2 is 1.90 bits per heavy atom. The first-order valence-corrected chi connectivity index (χ1v) is 6.99. The highest BCUT2D eigenvalue weighted by Crippen LogP contribution is 2.39. The summed E-state index contributed by atoms with van der Waals surface area (Å²) in [6.45, 7) is 2.48. The summed E-state index contributed by atoms with van der Waals surface area (Å²) in [6.07, 6.45) is 0.507. The number of ether oxygens (including phenoxy) is 1. The lowest BCUT2D eigenvalue weighted by molar-refractivity contribution is -0.123. The molecule has 0 saturated heterocycles. The predicted octanol–water partition coefficient (Wildman–Crippen LogP) is 2.57. The van der Waals surface area contributed by atoms with Crippen molar-refractivity contribution in [3.05, 3.63) is 59.7 Å². The molecule has 0 fully saturated rings. The highest BCUT2D eigenvalue weighted by atomic mass is 16.5. The van der Waals surface area contributed by atoms with Gasteiger partial charge in [0.05, 0.1) is 6.61 Å². The Bertz CT molecular complexity index is 667. The number of nitrogens with one attached hydrogen (secondary N) is 1. The fraction of sp³-hybridized carbons (Fsp3) is 0.235. The van der Waals surface area contributed by atoms with Crippen LogP contribution >= 0.6 is 0 Å². The van der Waals surface area contributed by atoms with E-state index in [4.69, 9.17) is 10.5 Å².